The molecule has 0 radical (unpaired) electrons. The first-order valence-corrected chi connectivity index (χ1v) is 29.2. The number of benzene rings is 2. The van der Waals surface area contributed by atoms with Crippen molar-refractivity contribution >= 4 is 35.8 Å². The molecule has 3 aliphatic carbocycles. The number of aliphatic hydroxyl groups excluding tert-OH is 2. The summed E-state index contributed by atoms with van der Waals surface area (Å²) < 4.78 is 47.4. The summed E-state index contributed by atoms with van der Waals surface area (Å²) in [6.07, 6.45) is 6.37. The maximum absolute atomic E-state index is 15.4. The number of nitrogens with one attached hydrogen (secondary N) is 1. The highest BCUT2D eigenvalue weighted by Crippen LogP contribution is 2.63. The van der Waals surface area contributed by atoms with Crippen molar-refractivity contribution < 1.29 is 82.0 Å². The largest absolute Gasteiger partial charge is 0.509 e. The first-order chi connectivity index (χ1) is 38.2. The van der Waals surface area contributed by atoms with Crippen LogP contribution >= 0.6 is 0 Å². The van der Waals surface area contributed by atoms with E-state index < -0.39 is 125 Å². The Morgan fingerprint density at radius 2 is 1.36 bits per heavy atom. The number of ketones is 1. The van der Waals surface area contributed by atoms with Crippen molar-refractivity contribution in [3.05, 3.63) is 82.9 Å². The number of esters is 3. The Hall–Kier alpha value is -5.24. The predicted molar refractivity (Wildman–Crippen MR) is 292 cm³/mol. The minimum atomic E-state index is -2.41. The zero-order chi connectivity index (χ0) is 57.8. The first kappa shape index (κ1) is 62.4. The Bertz CT molecular complexity index is 2470. The lowest BCUT2D eigenvalue weighted by Crippen LogP contribution is -2.81. The van der Waals surface area contributed by atoms with Crippen LogP contribution in [0.25, 0.3) is 0 Å². The van der Waals surface area contributed by atoms with E-state index in [9.17, 15) is 34.5 Å². The van der Waals surface area contributed by atoms with Crippen molar-refractivity contribution in [1.82, 2.24) is 5.32 Å². The topological polar surface area (TPSA) is 249 Å². The molecule has 442 valence electrons. The number of unbranched alkanes of at least 4 members (excludes halogenated alkanes) is 14. The normalized spacial score (nSPS) is 30.2. The molecule has 2 aromatic carbocycles. The Morgan fingerprint density at radius 1 is 0.775 bits per heavy atom. The summed E-state index contributed by atoms with van der Waals surface area (Å²) in [7, 11) is 0. The monoisotopic (exact) mass is 1120 g/mol. The molecule has 1 unspecified atom stereocenters. The third-order valence-corrected chi connectivity index (χ3v) is 17.7. The Kier molecular flexibility index (Phi) is 21.6. The summed E-state index contributed by atoms with van der Waals surface area (Å²) in [6.45, 7) is 10.0. The van der Waals surface area contributed by atoms with Gasteiger partial charge in [0, 0.05) is 43.6 Å². The predicted octanol–water partition coefficient (Wildman–Crippen LogP) is 9.03. The molecule has 2 aromatic rings. The summed E-state index contributed by atoms with van der Waals surface area (Å²) in [5, 5.41) is 41.0. The number of rotatable bonds is 27. The van der Waals surface area contributed by atoms with Crippen LogP contribution in [0.4, 0.5) is 4.79 Å². The number of Topliss-reactive ketones (excluding diaryl/α,β-unsaturated/α-hetero) is 1. The van der Waals surface area contributed by atoms with Crippen molar-refractivity contribution in [3.63, 3.8) is 0 Å². The molecule has 4 N–H and O–H groups in total. The lowest BCUT2D eigenvalue weighted by atomic mass is 9.44. The van der Waals surface area contributed by atoms with Crippen molar-refractivity contribution in [2.24, 2.45) is 16.7 Å². The fraction of sp³-hybridized carbons (Fsp3) is 0.677. The molecule has 7 rings (SSSR count). The summed E-state index contributed by atoms with van der Waals surface area (Å²) in [5.74, 6) is -5.96. The molecule has 2 bridgehead atoms. The molecule has 5 aliphatic rings. The van der Waals surface area contributed by atoms with Crippen molar-refractivity contribution in [2.45, 2.75) is 230 Å². The van der Waals surface area contributed by atoms with Crippen LogP contribution in [0.1, 0.15) is 186 Å². The molecule has 0 aromatic heterocycles. The molecule has 80 heavy (non-hydrogen) atoms. The number of ether oxygens (including phenoxy) is 8. The van der Waals surface area contributed by atoms with E-state index in [4.69, 9.17) is 37.9 Å². The Balaban J connectivity index is 1.08. The minimum Gasteiger partial charge on any atom is -0.455 e. The van der Waals surface area contributed by atoms with Crippen LogP contribution in [0.2, 0.25) is 0 Å². The van der Waals surface area contributed by atoms with Gasteiger partial charge in [-0.25, -0.2) is 9.59 Å². The first-order valence-electron chi connectivity index (χ1n) is 29.2. The van der Waals surface area contributed by atoms with Gasteiger partial charge in [-0.15, -0.1) is 0 Å². The fourth-order valence-corrected chi connectivity index (χ4v) is 13.1. The van der Waals surface area contributed by atoms with E-state index in [2.05, 4.69) is 12.2 Å². The van der Waals surface area contributed by atoms with Gasteiger partial charge in [-0.3, -0.25) is 19.2 Å². The molecule has 4 fully saturated rings. The zero-order valence-electron chi connectivity index (χ0n) is 48.0. The van der Waals surface area contributed by atoms with Crippen LogP contribution < -0.4 is 5.32 Å². The molecule has 1 amide bonds. The van der Waals surface area contributed by atoms with E-state index >= 15 is 9.59 Å². The molecule has 13 atom stereocenters. The second kappa shape index (κ2) is 27.7. The molecular weight excluding hydrogens is 1030 g/mol. The average Bonchev–Trinajstić information content (AvgIpc) is 3.96. The Morgan fingerprint density at radius 3 is 1.93 bits per heavy atom. The van der Waals surface area contributed by atoms with Crippen LogP contribution in [0.3, 0.4) is 0 Å². The number of hydrogen-bond donors (Lipinski definition) is 4. The molecule has 0 spiro atoms. The fourth-order valence-electron chi connectivity index (χ4n) is 13.1. The summed E-state index contributed by atoms with van der Waals surface area (Å²) in [4.78, 5) is 84.4. The molecule has 18 heteroatoms. The second-order valence-electron chi connectivity index (χ2n) is 23.5. The van der Waals surface area contributed by atoms with Crippen molar-refractivity contribution in [3.8, 4) is 0 Å². The van der Waals surface area contributed by atoms with Gasteiger partial charge in [0.1, 0.15) is 36.6 Å². The van der Waals surface area contributed by atoms with Gasteiger partial charge in [-0.05, 0) is 55.5 Å². The van der Waals surface area contributed by atoms with Gasteiger partial charge in [0.15, 0.2) is 23.8 Å². The van der Waals surface area contributed by atoms with Crippen LogP contribution in [-0.2, 0) is 57.1 Å². The van der Waals surface area contributed by atoms with Crippen molar-refractivity contribution in [1.29, 1.82) is 0 Å². The van der Waals surface area contributed by atoms with Crippen LogP contribution in [0.5, 0.6) is 0 Å². The maximum Gasteiger partial charge on any atom is 0.509 e. The molecule has 2 saturated carbocycles. The van der Waals surface area contributed by atoms with Gasteiger partial charge < -0.3 is 58.5 Å². The highest BCUT2D eigenvalue weighted by atomic mass is 16.8. The zero-order valence-corrected chi connectivity index (χ0v) is 48.0. The van der Waals surface area contributed by atoms with Crippen molar-refractivity contribution in [2.75, 3.05) is 19.8 Å². The smallest absolute Gasteiger partial charge is 0.455 e. The summed E-state index contributed by atoms with van der Waals surface area (Å²) in [6, 6.07) is 15.0. The lowest BCUT2D eigenvalue weighted by Gasteiger charge is -2.67. The molecular formula is C62H87NO17. The Labute approximate surface area is 471 Å². The molecule has 18 nitrogen and oxygen atoms in total. The highest BCUT2D eigenvalue weighted by Gasteiger charge is 2.77. The van der Waals surface area contributed by atoms with Crippen LogP contribution in [0, 0.1) is 16.7 Å². The third-order valence-electron chi connectivity index (χ3n) is 17.7. The lowest BCUT2D eigenvalue weighted by molar-refractivity contribution is -0.346. The number of carbonyl (C=O) groups excluding carboxylic acids is 6. The summed E-state index contributed by atoms with van der Waals surface area (Å²) >= 11 is 0. The van der Waals surface area contributed by atoms with E-state index in [0.717, 1.165) is 33.1 Å². The van der Waals surface area contributed by atoms with Crippen LogP contribution in [0.15, 0.2) is 71.8 Å². The third kappa shape index (κ3) is 13.8. The number of amides is 1. The molecule has 2 aliphatic heterocycles. The SMILES string of the molecule is CCCCCCCCCCCCCCCCCC1OC[C@@H](COC(=O)O[C@@H](C(=O)O[C@H]2C[C@@]3(O)[C@@H](O)[C@@H]4[C@]5(OC(C)=O)CO[C@@H]5C[C@H](O)[C@@]4(C)C(=O)[C@H](OC(C)=O)C(=C2C)C3(C)C)[C@@H](NC(=O)c2ccccc2)c2ccccc2)O1. The number of fused-ring (bicyclic) bond motifs is 5. The summed E-state index contributed by atoms with van der Waals surface area (Å²) in [5.41, 5.74) is -7.15. The maximum atomic E-state index is 15.4. The average molecular weight is 1120 g/mol. The molecule has 2 saturated heterocycles. The quantitative estimate of drug-likeness (QED) is 0.0282. The van der Waals surface area contributed by atoms with Gasteiger partial charge in [0.2, 0.25) is 6.10 Å². The van der Waals surface area contributed by atoms with E-state index in [0.29, 0.717) is 12.0 Å². The van der Waals surface area contributed by atoms with Gasteiger partial charge in [-0.1, -0.05) is 159 Å². The van der Waals surface area contributed by atoms with Gasteiger partial charge in [0.25, 0.3) is 5.91 Å². The number of carbonyl (C=O) groups is 6. The number of hydrogen-bond acceptors (Lipinski definition) is 17. The van der Waals surface area contributed by atoms with E-state index in [-0.39, 0.29) is 43.0 Å². The molecule has 2 heterocycles. The number of aliphatic hydroxyl groups is 3. The van der Waals surface area contributed by atoms with Crippen LogP contribution in [-0.4, -0.2) is 131 Å². The highest BCUT2D eigenvalue weighted by molar-refractivity contribution is 5.96. The second-order valence-corrected chi connectivity index (χ2v) is 23.5. The van der Waals surface area contributed by atoms with E-state index in [1.54, 1.807) is 74.5 Å². The van der Waals surface area contributed by atoms with Gasteiger partial charge in [0.05, 0.1) is 30.8 Å². The van der Waals surface area contributed by atoms with Gasteiger partial charge in [-0.2, -0.15) is 0 Å². The standard InChI is InChI=1S/C62H87NO17/c1-8-9-10-11-12-13-14-15-16-17-18-19-20-21-28-33-48-73-36-44(77-48)37-74-58(71)79-52(50(42-29-24-22-25-30-42)63-56(69)43-31-26-23-27-32-43)57(70)78-45-35-62(72)55(68)53-60(7,46(66)34-47-61(53,38-75-47)80-41(4)65)54(67)51(76-40(3)64)49(39(45)2)59(62,5)6/h22-27,29-32,44-48,50-53,55,66,68,72H,8-21,28,33-38H2,1-7H3,(H,63,69)/t44-,45-,46-,47+,48?,50-,51+,52+,53-,55-,60+,61-,62+/m0/s1. The van der Waals surface area contributed by atoms with Gasteiger partial charge >= 0.3 is 24.1 Å². The van der Waals surface area contributed by atoms with E-state index in [1.807, 2.05) is 0 Å². The van der Waals surface area contributed by atoms with E-state index in [1.165, 1.54) is 90.9 Å². The minimum absolute atomic E-state index is 0.0192.